The summed E-state index contributed by atoms with van der Waals surface area (Å²) in [5.41, 5.74) is 5.13. The zero-order valence-electron chi connectivity index (χ0n) is 7.52. The molecule has 0 saturated carbocycles. The molecule has 1 aromatic carbocycles. The second-order valence-electron chi connectivity index (χ2n) is 3.06. The molecule has 0 aromatic heterocycles. The van der Waals surface area contributed by atoms with Gasteiger partial charge >= 0.3 is 0 Å². The van der Waals surface area contributed by atoms with Gasteiger partial charge in [-0.3, -0.25) is 0 Å². The summed E-state index contributed by atoms with van der Waals surface area (Å²) >= 11 is 0. The normalized spacial score (nSPS) is 12.9. The number of nitrogens with two attached hydrogens (primary N) is 1. The van der Waals surface area contributed by atoms with Crippen LogP contribution in [0.15, 0.2) is 6.07 Å². The van der Waals surface area contributed by atoms with Crippen LogP contribution in [0.5, 0.6) is 5.75 Å². The summed E-state index contributed by atoms with van der Waals surface area (Å²) in [7, 11) is 0. The minimum absolute atomic E-state index is 0.0848. The summed E-state index contributed by atoms with van der Waals surface area (Å²) in [6, 6.07) is 0.710. The van der Waals surface area contributed by atoms with E-state index in [0.717, 1.165) is 0 Å². The van der Waals surface area contributed by atoms with Crippen LogP contribution in [0.4, 0.5) is 13.2 Å². The van der Waals surface area contributed by atoms with Gasteiger partial charge in [-0.05, 0) is 24.1 Å². The molecule has 0 bridgehead atoms. The Morgan fingerprint density at radius 2 is 1.93 bits per heavy atom. The van der Waals surface area contributed by atoms with Gasteiger partial charge in [-0.1, -0.05) is 6.92 Å². The standard InChI is InChI=1S/C9H10F3NO/c1-4(3-13)5-2-6(10)8(12)9(14)7(5)11/h2,4,14H,3,13H2,1H3. The molecule has 0 aliphatic heterocycles. The van der Waals surface area contributed by atoms with Crippen LogP contribution >= 0.6 is 0 Å². The van der Waals surface area contributed by atoms with E-state index in [9.17, 15) is 13.2 Å². The first-order valence-corrected chi connectivity index (χ1v) is 4.05. The van der Waals surface area contributed by atoms with Crippen LogP contribution in [-0.4, -0.2) is 11.7 Å². The van der Waals surface area contributed by atoms with Crippen LogP contribution < -0.4 is 5.73 Å². The van der Waals surface area contributed by atoms with E-state index in [1.807, 2.05) is 0 Å². The molecule has 0 aliphatic rings. The molecule has 0 radical (unpaired) electrons. The largest absolute Gasteiger partial charge is 0.503 e. The van der Waals surface area contributed by atoms with Gasteiger partial charge in [0, 0.05) is 0 Å². The maximum absolute atomic E-state index is 13.2. The number of phenols is 1. The molecule has 1 unspecified atom stereocenters. The van der Waals surface area contributed by atoms with E-state index in [0.29, 0.717) is 6.07 Å². The summed E-state index contributed by atoms with van der Waals surface area (Å²) < 4.78 is 38.6. The van der Waals surface area contributed by atoms with Crippen molar-refractivity contribution in [1.82, 2.24) is 0 Å². The van der Waals surface area contributed by atoms with E-state index in [2.05, 4.69) is 0 Å². The number of hydrogen-bond donors (Lipinski definition) is 2. The molecule has 14 heavy (non-hydrogen) atoms. The maximum atomic E-state index is 13.2. The van der Waals surface area contributed by atoms with E-state index in [1.165, 1.54) is 0 Å². The van der Waals surface area contributed by atoms with E-state index < -0.39 is 29.1 Å². The molecule has 0 aliphatic carbocycles. The molecule has 2 nitrogen and oxygen atoms in total. The lowest BCUT2D eigenvalue weighted by atomic mass is 10.00. The van der Waals surface area contributed by atoms with E-state index in [4.69, 9.17) is 10.8 Å². The molecular weight excluding hydrogens is 195 g/mol. The number of halogens is 3. The van der Waals surface area contributed by atoms with Crippen molar-refractivity contribution < 1.29 is 18.3 Å². The average molecular weight is 205 g/mol. The molecule has 0 spiro atoms. The SMILES string of the molecule is CC(CN)c1cc(F)c(F)c(O)c1F. The van der Waals surface area contributed by atoms with Crippen molar-refractivity contribution in [3.63, 3.8) is 0 Å². The summed E-state index contributed by atoms with van der Waals surface area (Å²) in [6.45, 7) is 1.64. The molecule has 1 atom stereocenters. The highest BCUT2D eigenvalue weighted by Crippen LogP contribution is 2.29. The predicted molar refractivity (Wildman–Crippen MR) is 45.5 cm³/mol. The van der Waals surface area contributed by atoms with Crippen molar-refractivity contribution in [2.24, 2.45) is 5.73 Å². The lowest BCUT2D eigenvalue weighted by Crippen LogP contribution is -2.11. The van der Waals surface area contributed by atoms with Crippen molar-refractivity contribution in [2.45, 2.75) is 12.8 Å². The van der Waals surface area contributed by atoms with Crippen LogP contribution in [0.2, 0.25) is 0 Å². The molecule has 5 heteroatoms. The van der Waals surface area contributed by atoms with Crippen LogP contribution in [0, 0.1) is 17.5 Å². The lowest BCUT2D eigenvalue weighted by molar-refractivity contribution is 0.371. The first-order valence-electron chi connectivity index (χ1n) is 4.05. The number of rotatable bonds is 2. The Bertz CT molecular complexity index is 354. The zero-order chi connectivity index (χ0) is 10.9. The third-order valence-corrected chi connectivity index (χ3v) is 2.05. The molecule has 3 N–H and O–H groups in total. The average Bonchev–Trinajstić information content (AvgIpc) is 2.19. The number of hydrogen-bond acceptors (Lipinski definition) is 2. The molecule has 1 aromatic rings. The van der Waals surface area contributed by atoms with Gasteiger partial charge in [0.05, 0.1) is 0 Å². The molecule has 0 amide bonds. The van der Waals surface area contributed by atoms with Crippen LogP contribution in [0.25, 0.3) is 0 Å². The van der Waals surface area contributed by atoms with Gasteiger partial charge in [0.2, 0.25) is 5.82 Å². The van der Waals surface area contributed by atoms with Crippen molar-refractivity contribution in [1.29, 1.82) is 0 Å². The zero-order valence-corrected chi connectivity index (χ0v) is 7.52. The molecular formula is C9H10F3NO. The van der Waals surface area contributed by atoms with Crippen molar-refractivity contribution in [3.05, 3.63) is 29.1 Å². The van der Waals surface area contributed by atoms with Crippen LogP contribution in [0.3, 0.4) is 0 Å². The lowest BCUT2D eigenvalue weighted by Gasteiger charge is -2.11. The third-order valence-electron chi connectivity index (χ3n) is 2.05. The van der Waals surface area contributed by atoms with Crippen molar-refractivity contribution >= 4 is 0 Å². The minimum Gasteiger partial charge on any atom is -0.503 e. The Kier molecular flexibility index (Phi) is 3.00. The molecule has 0 heterocycles. The van der Waals surface area contributed by atoms with E-state index in [1.54, 1.807) is 6.92 Å². The highest BCUT2D eigenvalue weighted by molar-refractivity contribution is 5.34. The fourth-order valence-corrected chi connectivity index (χ4v) is 1.09. The number of phenolic OH excluding ortho intramolecular Hbond substituents is 1. The van der Waals surface area contributed by atoms with Crippen LogP contribution in [0.1, 0.15) is 18.4 Å². The van der Waals surface area contributed by atoms with Gasteiger partial charge in [-0.15, -0.1) is 0 Å². The Morgan fingerprint density at radius 3 is 2.43 bits per heavy atom. The Hall–Kier alpha value is -1.23. The summed E-state index contributed by atoms with van der Waals surface area (Å²) in [6.07, 6.45) is 0. The number of aromatic hydroxyl groups is 1. The maximum Gasteiger partial charge on any atom is 0.203 e. The van der Waals surface area contributed by atoms with E-state index >= 15 is 0 Å². The molecule has 0 saturated heterocycles. The van der Waals surface area contributed by atoms with Gasteiger partial charge in [0.25, 0.3) is 0 Å². The predicted octanol–water partition coefficient (Wildman–Crippen LogP) is 1.87. The second-order valence-corrected chi connectivity index (χ2v) is 3.06. The van der Waals surface area contributed by atoms with Gasteiger partial charge in [-0.25, -0.2) is 8.78 Å². The first kappa shape index (κ1) is 10.8. The highest BCUT2D eigenvalue weighted by Gasteiger charge is 2.20. The summed E-state index contributed by atoms with van der Waals surface area (Å²) in [4.78, 5) is 0. The summed E-state index contributed by atoms with van der Waals surface area (Å²) in [5.74, 6) is -5.77. The van der Waals surface area contributed by atoms with Gasteiger partial charge in [-0.2, -0.15) is 4.39 Å². The molecule has 78 valence electrons. The monoisotopic (exact) mass is 205 g/mol. The Balaban J connectivity index is 3.33. The number of benzene rings is 1. The molecule has 1 rings (SSSR count). The van der Waals surface area contributed by atoms with Crippen molar-refractivity contribution in [3.8, 4) is 5.75 Å². The summed E-state index contributed by atoms with van der Waals surface area (Å²) in [5, 5.41) is 8.88. The quantitative estimate of drug-likeness (QED) is 0.724. The van der Waals surface area contributed by atoms with Crippen LogP contribution in [-0.2, 0) is 0 Å². The Morgan fingerprint density at radius 1 is 1.36 bits per heavy atom. The highest BCUT2D eigenvalue weighted by atomic mass is 19.2. The fourth-order valence-electron chi connectivity index (χ4n) is 1.09. The molecule has 0 fully saturated rings. The van der Waals surface area contributed by atoms with Gasteiger partial charge in [0.15, 0.2) is 17.4 Å². The fraction of sp³-hybridized carbons (Fsp3) is 0.333. The smallest absolute Gasteiger partial charge is 0.203 e. The van der Waals surface area contributed by atoms with Gasteiger partial charge in [0.1, 0.15) is 0 Å². The second kappa shape index (κ2) is 3.88. The van der Waals surface area contributed by atoms with Crippen molar-refractivity contribution in [2.75, 3.05) is 6.54 Å². The van der Waals surface area contributed by atoms with E-state index in [-0.39, 0.29) is 12.1 Å². The first-order chi connectivity index (χ1) is 6.49. The Labute approximate surface area is 79.2 Å². The third kappa shape index (κ3) is 1.68. The minimum atomic E-state index is -1.57. The van der Waals surface area contributed by atoms with Gasteiger partial charge < -0.3 is 10.8 Å². The topological polar surface area (TPSA) is 46.2 Å².